The zero-order valence-corrected chi connectivity index (χ0v) is 16.6. The van der Waals surface area contributed by atoms with Crippen molar-refractivity contribution in [1.29, 1.82) is 0 Å². The van der Waals surface area contributed by atoms with E-state index in [9.17, 15) is 14.0 Å². The molecule has 29 heavy (non-hydrogen) atoms. The normalized spacial score (nSPS) is 10.6. The second-order valence-corrected chi connectivity index (χ2v) is 7.07. The second-order valence-electron chi connectivity index (χ2n) is 7.07. The molecule has 0 radical (unpaired) electrons. The number of nitrogens with zero attached hydrogens (tertiary/aromatic N) is 2. The third-order valence-electron chi connectivity index (χ3n) is 4.65. The number of rotatable bonds is 6. The fourth-order valence-corrected chi connectivity index (χ4v) is 3.06. The summed E-state index contributed by atoms with van der Waals surface area (Å²) in [5.74, 6) is -0.991. The van der Waals surface area contributed by atoms with Gasteiger partial charge in [-0.25, -0.2) is 4.39 Å². The van der Waals surface area contributed by atoms with E-state index < -0.39 is 0 Å². The minimum atomic E-state index is -0.361. The van der Waals surface area contributed by atoms with Crippen LogP contribution in [0.5, 0.6) is 0 Å². The molecule has 0 fully saturated rings. The largest absolute Gasteiger partial charge is 0.341 e. The summed E-state index contributed by atoms with van der Waals surface area (Å²) in [5.41, 5.74) is 5.01. The molecule has 0 bridgehead atoms. The van der Waals surface area contributed by atoms with Crippen LogP contribution in [0.15, 0.2) is 48.7 Å². The fourth-order valence-electron chi connectivity index (χ4n) is 3.06. The minimum absolute atomic E-state index is 0.256. The third kappa shape index (κ3) is 5.07. The number of anilines is 1. The first-order valence-electron chi connectivity index (χ1n) is 9.22. The Kier molecular flexibility index (Phi) is 6.07. The van der Waals surface area contributed by atoms with Crippen LogP contribution in [-0.4, -0.2) is 34.0 Å². The highest BCUT2D eigenvalue weighted by atomic mass is 19.1. The number of aromatic nitrogens is 2. The molecule has 1 aromatic heterocycles. The van der Waals surface area contributed by atoms with E-state index in [1.807, 2.05) is 32.0 Å². The van der Waals surface area contributed by atoms with Gasteiger partial charge in [-0.05, 0) is 49.7 Å². The molecule has 2 N–H and O–H groups in total. The number of amides is 2. The van der Waals surface area contributed by atoms with Crippen LogP contribution in [0.25, 0.3) is 11.3 Å². The Morgan fingerprint density at radius 3 is 2.55 bits per heavy atom. The van der Waals surface area contributed by atoms with Gasteiger partial charge in [0.05, 0.1) is 11.9 Å². The summed E-state index contributed by atoms with van der Waals surface area (Å²) in [7, 11) is 1.63. The van der Waals surface area contributed by atoms with E-state index in [4.69, 9.17) is 0 Å². The molecule has 0 unspecified atom stereocenters. The smallest absolute Gasteiger partial charge is 0.233 e. The zero-order chi connectivity index (χ0) is 21.0. The Hall–Kier alpha value is -3.48. The van der Waals surface area contributed by atoms with Gasteiger partial charge in [0.1, 0.15) is 12.2 Å². The van der Waals surface area contributed by atoms with Crippen molar-refractivity contribution in [3.63, 3.8) is 0 Å². The number of aryl methyl sites for hydroxylation is 2. The molecule has 0 aliphatic carbocycles. The number of H-pyrrole nitrogens is 1. The van der Waals surface area contributed by atoms with Gasteiger partial charge in [-0.15, -0.1) is 0 Å². The van der Waals surface area contributed by atoms with Crippen LogP contribution in [0.4, 0.5) is 10.1 Å². The molecule has 2 aromatic carbocycles. The summed E-state index contributed by atoms with van der Waals surface area (Å²) in [5, 5.41) is 9.70. The Morgan fingerprint density at radius 1 is 1.14 bits per heavy atom. The van der Waals surface area contributed by atoms with Crippen LogP contribution < -0.4 is 5.32 Å². The zero-order valence-electron chi connectivity index (χ0n) is 16.6. The van der Waals surface area contributed by atoms with Crippen molar-refractivity contribution in [2.24, 2.45) is 0 Å². The molecule has 2 amide bonds. The van der Waals surface area contributed by atoms with Crippen LogP contribution >= 0.6 is 0 Å². The molecule has 150 valence electrons. The average molecular weight is 394 g/mol. The Bertz CT molecular complexity index is 1030. The van der Waals surface area contributed by atoms with Crippen molar-refractivity contribution in [2.45, 2.75) is 26.8 Å². The van der Waals surface area contributed by atoms with Gasteiger partial charge < -0.3 is 10.2 Å². The Morgan fingerprint density at radius 2 is 1.86 bits per heavy atom. The lowest BCUT2D eigenvalue weighted by molar-refractivity contribution is -0.133. The summed E-state index contributed by atoms with van der Waals surface area (Å²) in [4.78, 5) is 26.2. The molecule has 0 saturated heterocycles. The lowest BCUT2D eigenvalue weighted by atomic mass is 10.1. The Labute approximate surface area is 168 Å². The van der Waals surface area contributed by atoms with E-state index in [1.165, 1.54) is 17.0 Å². The topological polar surface area (TPSA) is 78.1 Å². The summed E-state index contributed by atoms with van der Waals surface area (Å²) >= 11 is 0. The van der Waals surface area contributed by atoms with Gasteiger partial charge in [0.2, 0.25) is 11.8 Å². The second kappa shape index (κ2) is 8.68. The molecule has 0 spiro atoms. The van der Waals surface area contributed by atoms with Gasteiger partial charge in [-0.2, -0.15) is 5.10 Å². The SMILES string of the molecule is Cc1ccc(NC(=O)CC(=O)N(C)Cc2cn[nH]c2-c2ccc(F)cc2)c(C)c1. The molecule has 0 atom stereocenters. The molecule has 7 heteroatoms. The van der Waals surface area contributed by atoms with E-state index in [0.29, 0.717) is 11.4 Å². The number of carbonyl (C=O) groups excluding carboxylic acids is 2. The molecule has 6 nitrogen and oxygen atoms in total. The lowest BCUT2D eigenvalue weighted by Crippen LogP contribution is -2.30. The van der Waals surface area contributed by atoms with E-state index in [-0.39, 0.29) is 30.6 Å². The predicted octanol–water partition coefficient (Wildman–Crippen LogP) is 3.82. The molecular weight excluding hydrogens is 371 g/mol. The highest BCUT2D eigenvalue weighted by Crippen LogP contribution is 2.22. The van der Waals surface area contributed by atoms with E-state index in [1.54, 1.807) is 25.4 Å². The molecule has 0 saturated carbocycles. The van der Waals surface area contributed by atoms with Crippen molar-refractivity contribution >= 4 is 17.5 Å². The van der Waals surface area contributed by atoms with Gasteiger partial charge in [0.25, 0.3) is 0 Å². The number of benzene rings is 2. The average Bonchev–Trinajstić information content (AvgIpc) is 3.12. The maximum Gasteiger partial charge on any atom is 0.233 e. The van der Waals surface area contributed by atoms with E-state index in [0.717, 1.165) is 22.3 Å². The molecular formula is C22H23FN4O2. The third-order valence-corrected chi connectivity index (χ3v) is 4.65. The maximum atomic E-state index is 13.2. The van der Waals surface area contributed by atoms with Crippen molar-refractivity contribution in [1.82, 2.24) is 15.1 Å². The molecule has 1 heterocycles. The van der Waals surface area contributed by atoms with Gasteiger partial charge in [-0.3, -0.25) is 14.7 Å². The van der Waals surface area contributed by atoms with Crippen LogP contribution in [0, 0.1) is 19.7 Å². The van der Waals surface area contributed by atoms with Gasteiger partial charge in [-0.1, -0.05) is 17.7 Å². The van der Waals surface area contributed by atoms with E-state index >= 15 is 0 Å². The summed E-state index contributed by atoms with van der Waals surface area (Å²) < 4.78 is 13.2. The van der Waals surface area contributed by atoms with Gasteiger partial charge >= 0.3 is 0 Å². The first-order valence-corrected chi connectivity index (χ1v) is 9.22. The summed E-state index contributed by atoms with van der Waals surface area (Å²) in [6.45, 7) is 4.17. The number of halogens is 1. The van der Waals surface area contributed by atoms with Crippen molar-refractivity contribution < 1.29 is 14.0 Å². The monoisotopic (exact) mass is 394 g/mol. The highest BCUT2D eigenvalue weighted by molar-refractivity contribution is 6.03. The lowest BCUT2D eigenvalue weighted by Gasteiger charge is -2.17. The van der Waals surface area contributed by atoms with Gasteiger partial charge in [0.15, 0.2) is 0 Å². The van der Waals surface area contributed by atoms with Crippen LogP contribution in [-0.2, 0) is 16.1 Å². The van der Waals surface area contributed by atoms with Crippen molar-refractivity contribution in [2.75, 3.05) is 12.4 Å². The fraction of sp³-hybridized carbons (Fsp3) is 0.227. The molecule has 3 aromatic rings. The van der Waals surface area contributed by atoms with E-state index in [2.05, 4.69) is 15.5 Å². The number of carbonyl (C=O) groups is 2. The first-order chi connectivity index (χ1) is 13.8. The minimum Gasteiger partial charge on any atom is -0.341 e. The maximum absolute atomic E-state index is 13.2. The standard InChI is InChI=1S/C22H23FN4O2/c1-14-4-9-19(15(2)10-14)25-20(28)11-21(29)27(3)13-17-12-24-26-22(17)16-5-7-18(23)8-6-16/h4-10,12H,11,13H2,1-3H3,(H,24,26)(H,25,28). The molecule has 0 aliphatic rings. The highest BCUT2D eigenvalue weighted by Gasteiger charge is 2.17. The molecule has 3 rings (SSSR count). The number of aromatic amines is 1. The van der Waals surface area contributed by atoms with Gasteiger partial charge in [0, 0.05) is 30.4 Å². The van der Waals surface area contributed by atoms with Crippen LogP contribution in [0.2, 0.25) is 0 Å². The first kappa shape index (κ1) is 20.3. The van der Waals surface area contributed by atoms with Crippen LogP contribution in [0.1, 0.15) is 23.1 Å². The predicted molar refractivity (Wildman–Crippen MR) is 110 cm³/mol. The summed E-state index contributed by atoms with van der Waals surface area (Å²) in [6.07, 6.45) is 1.37. The number of hydrogen-bond donors (Lipinski definition) is 2. The van der Waals surface area contributed by atoms with Crippen molar-refractivity contribution in [3.05, 3.63) is 71.2 Å². The quantitative estimate of drug-likeness (QED) is 0.624. The number of nitrogens with one attached hydrogen (secondary N) is 2. The van der Waals surface area contributed by atoms with Crippen molar-refractivity contribution in [3.8, 4) is 11.3 Å². The molecule has 0 aliphatic heterocycles. The van der Waals surface area contributed by atoms with Crippen LogP contribution in [0.3, 0.4) is 0 Å². The number of hydrogen-bond acceptors (Lipinski definition) is 3. The summed E-state index contributed by atoms with van der Waals surface area (Å²) in [6, 6.07) is 11.7. The Balaban J connectivity index is 1.62.